The van der Waals surface area contributed by atoms with Gasteiger partial charge in [0.05, 0.1) is 34.4 Å². The molecule has 392 valence electrons. The minimum Gasteiger partial charge on any atom is -0.492 e. The van der Waals surface area contributed by atoms with Crippen molar-refractivity contribution in [2.24, 2.45) is 0 Å². The van der Waals surface area contributed by atoms with E-state index in [-0.39, 0.29) is 17.2 Å². The third kappa shape index (κ3) is 15.7. The number of ether oxygens (including phenoxy) is 2. The third-order valence-electron chi connectivity index (χ3n) is 14.0. The number of nitrogens with one attached hydrogen (secondary N) is 2. The average molecular weight is 1020 g/mol. The largest absolute Gasteiger partial charge is 0.492 e. The van der Waals surface area contributed by atoms with Crippen LogP contribution in [0.25, 0.3) is 0 Å². The summed E-state index contributed by atoms with van der Waals surface area (Å²) in [6.45, 7) is 18.7. The number of nitrogens with zero attached hydrogens (tertiary/aromatic N) is 7. The molecule has 0 atom stereocenters. The van der Waals surface area contributed by atoms with Crippen molar-refractivity contribution in [2.45, 2.75) is 76.2 Å². The molecule has 4 heterocycles. The number of amides is 1. The lowest BCUT2D eigenvalue weighted by Crippen LogP contribution is -2.50. The number of alkyl halides is 6. The molecular formula is C55H67F6N9O3. The minimum atomic E-state index is -4.55. The fraction of sp³-hybridized carbons (Fsp3) is 0.509. The fourth-order valence-electron chi connectivity index (χ4n) is 9.84. The molecule has 4 saturated heterocycles. The van der Waals surface area contributed by atoms with Gasteiger partial charge in [-0.3, -0.25) is 9.80 Å². The van der Waals surface area contributed by atoms with Gasteiger partial charge in [0.25, 0.3) is 0 Å². The van der Waals surface area contributed by atoms with Crippen molar-refractivity contribution in [3.05, 3.63) is 118 Å². The Morgan fingerprint density at radius 3 is 1.55 bits per heavy atom. The first-order chi connectivity index (χ1) is 34.9. The van der Waals surface area contributed by atoms with Crippen LogP contribution in [0.15, 0.2) is 84.9 Å². The van der Waals surface area contributed by atoms with E-state index in [2.05, 4.69) is 56.8 Å². The highest BCUT2D eigenvalue weighted by Crippen LogP contribution is 2.39. The molecule has 0 aliphatic carbocycles. The van der Waals surface area contributed by atoms with E-state index in [1.807, 2.05) is 42.7 Å². The Kier molecular flexibility index (Phi) is 18.4. The quantitative estimate of drug-likeness (QED) is 0.132. The van der Waals surface area contributed by atoms with Crippen LogP contribution in [0.2, 0.25) is 0 Å². The average Bonchev–Trinajstić information content (AvgIpc) is 3.38. The van der Waals surface area contributed by atoms with E-state index in [4.69, 9.17) is 20.0 Å². The molecule has 0 radical (unpaired) electrons. The smallest absolute Gasteiger partial charge is 0.417 e. The fourth-order valence-corrected chi connectivity index (χ4v) is 9.84. The van der Waals surface area contributed by atoms with E-state index in [0.717, 1.165) is 108 Å². The topological polar surface area (TPSA) is 123 Å². The van der Waals surface area contributed by atoms with E-state index in [0.29, 0.717) is 69.1 Å². The van der Waals surface area contributed by atoms with Crippen molar-refractivity contribution < 1.29 is 40.6 Å². The summed E-state index contributed by atoms with van der Waals surface area (Å²) in [4.78, 5) is 22.7. The number of piperidine rings is 2. The van der Waals surface area contributed by atoms with Crippen molar-refractivity contribution in [3.63, 3.8) is 0 Å². The zero-order valence-corrected chi connectivity index (χ0v) is 42.0. The van der Waals surface area contributed by atoms with Crippen molar-refractivity contribution in [3.8, 4) is 17.9 Å². The molecule has 1 amide bonds. The van der Waals surface area contributed by atoms with Crippen LogP contribution in [0.5, 0.6) is 5.75 Å². The SMILES string of the molecule is CC(C)(C)OC(=O)N1CCN(CCNc2ccc(C3CCN(c4ccc(C#N)c(C(F)(F)F)c4)CC3)cc2)CC1.N#Cc1ccc(N2CCC(c3ccc(OCCN4CCNCC4)cc3)CC2)cc1C(F)(F)F. The van der Waals surface area contributed by atoms with E-state index < -0.39 is 29.1 Å². The molecule has 4 fully saturated rings. The zero-order chi connectivity index (χ0) is 52.2. The molecule has 0 aromatic heterocycles. The molecule has 18 heteroatoms. The number of nitriles is 2. The number of rotatable bonds is 12. The lowest BCUT2D eigenvalue weighted by Gasteiger charge is -2.35. The first-order valence-corrected chi connectivity index (χ1v) is 25.3. The lowest BCUT2D eigenvalue weighted by molar-refractivity contribution is -0.138. The third-order valence-corrected chi connectivity index (χ3v) is 14.0. The number of anilines is 3. The summed E-state index contributed by atoms with van der Waals surface area (Å²) in [7, 11) is 0. The van der Waals surface area contributed by atoms with Gasteiger partial charge in [0, 0.05) is 115 Å². The maximum atomic E-state index is 13.4. The van der Waals surface area contributed by atoms with Crippen molar-refractivity contribution in [1.29, 1.82) is 10.5 Å². The van der Waals surface area contributed by atoms with E-state index in [1.54, 1.807) is 29.2 Å². The first kappa shape index (κ1) is 54.6. The van der Waals surface area contributed by atoms with Crippen LogP contribution in [0, 0.1) is 22.7 Å². The van der Waals surface area contributed by atoms with Crippen LogP contribution in [-0.2, 0) is 17.1 Å². The van der Waals surface area contributed by atoms with Gasteiger partial charge >= 0.3 is 18.4 Å². The second kappa shape index (κ2) is 24.7. The Bertz CT molecular complexity index is 2490. The molecule has 73 heavy (non-hydrogen) atoms. The molecule has 8 rings (SSSR count). The molecule has 4 aromatic rings. The minimum absolute atomic E-state index is 0.249. The summed E-state index contributed by atoms with van der Waals surface area (Å²) in [6, 6.07) is 27.9. The molecule has 0 spiro atoms. The van der Waals surface area contributed by atoms with Crippen LogP contribution < -0.4 is 25.2 Å². The number of carbonyl (C=O) groups excluding carboxylic acids is 1. The second-order valence-corrected chi connectivity index (χ2v) is 20.1. The van der Waals surface area contributed by atoms with Gasteiger partial charge in [-0.25, -0.2) is 4.79 Å². The van der Waals surface area contributed by atoms with Gasteiger partial charge in [-0.2, -0.15) is 36.9 Å². The summed E-state index contributed by atoms with van der Waals surface area (Å²) < 4.78 is 91.3. The summed E-state index contributed by atoms with van der Waals surface area (Å²) in [5, 5.41) is 24.8. The Balaban J connectivity index is 0.000000218. The Labute approximate surface area is 425 Å². The van der Waals surface area contributed by atoms with Crippen molar-refractivity contribution in [1.82, 2.24) is 20.0 Å². The molecule has 4 aliphatic heterocycles. The summed E-state index contributed by atoms with van der Waals surface area (Å²) in [5.41, 5.74) is 1.64. The van der Waals surface area contributed by atoms with Crippen LogP contribution >= 0.6 is 0 Å². The van der Waals surface area contributed by atoms with E-state index in [9.17, 15) is 31.1 Å². The molecule has 4 aromatic carbocycles. The molecule has 4 aliphatic rings. The standard InChI is InChI=1S/C30H38F3N5O2.C25H29F3N4O/c1-29(2,3)40-28(39)38-18-16-36(17-19-38)15-12-35-25-7-4-22(5-8-25)23-10-13-37(14-11-23)26-9-6-24(21-34)27(20-26)30(31,32)33;26-25(27,28)24-17-22(4-1-21(24)18-29)32-11-7-20(8-12-32)19-2-5-23(6-3-19)33-16-15-31-13-9-30-10-14-31/h4-9,20,23,35H,10-19H2,1-3H3;1-6,17,20,30H,7-16H2. The van der Waals surface area contributed by atoms with Crippen molar-refractivity contribution >= 4 is 23.2 Å². The van der Waals surface area contributed by atoms with Gasteiger partial charge in [-0.1, -0.05) is 24.3 Å². The summed E-state index contributed by atoms with van der Waals surface area (Å²) in [5.74, 6) is 1.59. The molecule has 0 unspecified atom stereocenters. The van der Waals surface area contributed by atoms with Gasteiger partial charge in [-0.15, -0.1) is 0 Å². The molecular weight excluding hydrogens is 949 g/mol. The highest BCUT2D eigenvalue weighted by atomic mass is 19.4. The number of benzene rings is 4. The highest BCUT2D eigenvalue weighted by Gasteiger charge is 2.36. The van der Waals surface area contributed by atoms with Crippen LogP contribution in [-0.4, -0.2) is 131 Å². The van der Waals surface area contributed by atoms with Gasteiger partial charge < -0.3 is 34.8 Å². The Morgan fingerprint density at radius 1 is 0.630 bits per heavy atom. The van der Waals surface area contributed by atoms with E-state index in [1.165, 1.54) is 23.3 Å². The number of hydrogen-bond donors (Lipinski definition) is 2. The van der Waals surface area contributed by atoms with Crippen LogP contribution in [0.1, 0.15) is 91.7 Å². The van der Waals surface area contributed by atoms with Crippen molar-refractivity contribution in [2.75, 3.05) is 120 Å². The molecule has 0 saturated carbocycles. The Morgan fingerprint density at radius 2 is 1.10 bits per heavy atom. The number of halogens is 6. The number of carbonyl (C=O) groups is 1. The molecule has 2 N–H and O–H groups in total. The van der Waals surface area contributed by atoms with E-state index >= 15 is 0 Å². The van der Waals surface area contributed by atoms with Gasteiger partial charge in [0.2, 0.25) is 0 Å². The second-order valence-electron chi connectivity index (χ2n) is 20.1. The van der Waals surface area contributed by atoms with Crippen LogP contribution in [0.4, 0.5) is 48.2 Å². The zero-order valence-electron chi connectivity index (χ0n) is 42.0. The maximum Gasteiger partial charge on any atom is 0.417 e. The predicted octanol–water partition coefficient (Wildman–Crippen LogP) is 10.2. The van der Waals surface area contributed by atoms with Crippen LogP contribution in [0.3, 0.4) is 0 Å². The summed E-state index contributed by atoms with van der Waals surface area (Å²) >= 11 is 0. The number of piperazine rings is 2. The highest BCUT2D eigenvalue weighted by molar-refractivity contribution is 5.68. The molecule has 12 nitrogen and oxygen atoms in total. The predicted molar refractivity (Wildman–Crippen MR) is 271 cm³/mol. The first-order valence-electron chi connectivity index (χ1n) is 25.3. The normalized spacial score (nSPS) is 17.8. The Hall–Kier alpha value is -6.21. The monoisotopic (exact) mass is 1020 g/mol. The van der Waals surface area contributed by atoms with Gasteiger partial charge in [0.1, 0.15) is 18.0 Å². The van der Waals surface area contributed by atoms with Gasteiger partial charge in [-0.05, 0) is 130 Å². The number of hydrogen-bond acceptors (Lipinski definition) is 11. The molecule has 0 bridgehead atoms. The summed E-state index contributed by atoms with van der Waals surface area (Å²) in [6.07, 6.45) is -5.90. The lowest BCUT2D eigenvalue weighted by atomic mass is 9.89. The van der Waals surface area contributed by atoms with Gasteiger partial charge in [0.15, 0.2) is 0 Å². The maximum absolute atomic E-state index is 13.4.